The minimum absolute atomic E-state index is 0.0509. The Morgan fingerprint density at radius 1 is 1.35 bits per heavy atom. The van der Waals surface area contributed by atoms with Gasteiger partial charge in [-0.1, -0.05) is 19.3 Å². The van der Waals surface area contributed by atoms with E-state index in [1.54, 1.807) is 4.90 Å². The number of amides is 1. The molecule has 0 aromatic carbocycles. The van der Waals surface area contributed by atoms with Gasteiger partial charge in [-0.05, 0) is 31.9 Å². The lowest BCUT2D eigenvalue weighted by atomic mass is 9.94. The fourth-order valence-electron chi connectivity index (χ4n) is 2.68. The Hall–Kier alpha value is -1.34. The molecule has 0 atom stereocenters. The Balaban J connectivity index is 2.18. The molecule has 7 heteroatoms. The first-order valence-corrected chi connectivity index (χ1v) is 8.25. The molecular weight excluding hydrogens is 282 g/mol. The highest BCUT2D eigenvalue weighted by Gasteiger charge is 2.28. The molecule has 6 nitrogen and oxygen atoms in total. The fraction of sp³-hybridized carbons (Fsp3) is 0.615. The van der Waals surface area contributed by atoms with E-state index in [4.69, 9.17) is 8.97 Å². The summed E-state index contributed by atoms with van der Waals surface area (Å²) < 4.78 is 35.7. The fourth-order valence-corrected chi connectivity index (χ4v) is 3.11. The monoisotopic (exact) mass is 301 g/mol. The van der Waals surface area contributed by atoms with Gasteiger partial charge in [0.15, 0.2) is 5.76 Å². The van der Waals surface area contributed by atoms with Crippen LogP contribution in [0.2, 0.25) is 0 Å². The second-order valence-corrected chi connectivity index (χ2v) is 6.33. The zero-order valence-corrected chi connectivity index (χ0v) is 12.2. The summed E-state index contributed by atoms with van der Waals surface area (Å²) in [6, 6.07) is 2.56. The van der Waals surface area contributed by atoms with Crippen LogP contribution in [0.1, 0.15) is 49.6 Å². The van der Waals surface area contributed by atoms with Gasteiger partial charge in [0.1, 0.15) is 0 Å². The molecule has 1 aromatic heterocycles. The van der Waals surface area contributed by atoms with Gasteiger partial charge in [-0.3, -0.25) is 9.35 Å². The van der Waals surface area contributed by atoms with Crippen molar-refractivity contribution in [3.63, 3.8) is 0 Å². The van der Waals surface area contributed by atoms with E-state index >= 15 is 0 Å². The van der Waals surface area contributed by atoms with Crippen LogP contribution in [0.5, 0.6) is 0 Å². The van der Waals surface area contributed by atoms with Crippen molar-refractivity contribution < 1.29 is 22.2 Å². The van der Waals surface area contributed by atoms with Crippen LogP contribution < -0.4 is 0 Å². The third kappa shape index (κ3) is 3.21. The molecule has 2 rings (SSSR count). The third-order valence-corrected chi connectivity index (χ3v) is 4.39. The summed E-state index contributed by atoms with van der Waals surface area (Å²) in [5.41, 5.74) is 0. The molecular formula is C13H19NO5S. The molecule has 112 valence electrons. The van der Waals surface area contributed by atoms with Crippen LogP contribution >= 0.6 is 0 Å². The molecule has 0 saturated heterocycles. The number of nitrogens with zero attached hydrogens (tertiary/aromatic N) is 1. The average Bonchev–Trinajstić information content (AvgIpc) is 2.90. The van der Waals surface area contributed by atoms with Crippen molar-refractivity contribution in [3.05, 3.63) is 17.9 Å². The summed E-state index contributed by atoms with van der Waals surface area (Å²) in [7, 11) is -4.41. The summed E-state index contributed by atoms with van der Waals surface area (Å²) in [5, 5.41) is -0.597. The van der Waals surface area contributed by atoms with Gasteiger partial charge in [0, 0.05) is 12.6 Å². The van der Waals surface area contributed by atoms with Crippen molar-refractivity contribution in [3.8, 4) is 0 Å². The smallest absolute Gasteiger partial charge is 0.328 e. The molecule has 1 aromatic rings. The third-order valence-electron chi connectivity index (χ3n) is 3.66. The molecule has 20 heavy (non-hydrogen) atoms. The number of hydrogen-bond donors (Lipinski definition) is 1. The minimum Gasteiger partial charge on any atom is -0.437 e. The zero-order valence-electron chi connectivity index (χ0n) is 11.4. The summed E-state index contributed by atoms with van der Waals surface area (Å²) >= 11 is 0. The van der Waals surface area contributed by atoms with Crippen LogP contribution in [0.25, 0.3) is 0 Å². The van der Waals surface area contributed by atoms with E-state index in [2.05, 4.69) is 0 Å². The molecule has 1 saturated carbocycles. The van der Waals surface area contributed by atoms with E-state index in [0.717, 1.165) is 31.7 Å². The maximum Gasteiger partial charge on any atom is 0.328 e. The molecule has 0 radical (unpaired) electrons. The Bertz CT molecular complexity index is 571. The van der Waals surface area contributed by atoms with Gasteiger partial charge >= 0.3 is 10.1 Å². The van der Waals surface area contributed by atoms with Gasteiger partial charge in [-0.2, -0.15) is 8.42 Å². The lowest BCUT2D eigenvalue weighted by molar-refractivity contribution is 0.0609. The topological polar surface area (TPSA) is 87.8 Å². The van der Waals surface area contributed by atoms with E-state index < -0.39 is 15.2 Å². The van der Waals surface area contributed by atoms with Crippen LogP contribution in [-0.4, -0.2) is 36.4 Å². The average molecular weight is 301 g/mol. The highest BCUT2D eigenvalue weighted by Crippen LogP contribution is 2.24. The summed E-state index contributed by atoms with van der Waals surface area (Å²) in [5.74, 6) is -0.376. The van der Waals surface area contributed by atoms with Crippen LogP contribution in [0, 0.1) is 0 Å². The van der Waals surface area contributed by atoms with Crippen molar-refractivity contribution in [2.45, 2.75) is 50.2 Å². The predicted molar refractivity (Wildman–Crippen MR) is 72.1 cm³/mol. The summed E-state index contributed by atoms with van der Waals surface area (Å²) in [4.78, 5) is 14.1. The van der Waals surface area contributed by atoms with Crippen LogP contribution in [0.3, 0.4) is 0 Å². The number of rotatable bonds is 4. The van der Waals surface area contributed by atoms with Gasteiger partial charge in [0.25, 0.3) is 5.91 Å². The second-order valence-electron chi connectivity index (χ2n) is 4.98. The molecule has 1 fully saturated rings. The van der Waals surface area contributed by atoms with Gasteiger partial charge in [-0.25, -0.2) is 0 Å². The largest absolute Gasteiger partial charge is 0.437 e. The first kappa shape index (κ1) is 15.1. The first-order chi connectivity index (χ1) is 9.43. The molecule has 0 bridgehead atoms. The minimum atomic E-state index is -4.41. The van der Waals surface area contributed by atoms with Crippen LogP contribution in [-0.2, 0) is 10.1 Å². The highest BCUT2D eigenvalue weighted by atomic mass is 32.2. The lowest BCUT2D eigenvalue weighted by Gasteiger charge is -2.32. The maximum atomic E-state index is 12.4. The summed E-state index contributed by atoms with van der Waals surface area (Å²) in [6.07, 6.45) is 5.32. The summed E-state index contributed by atoms with van der Waals surface area (Å²) in [6.45, 7) is 2.44. The molecule has 1 amide bonds. The van der Waals surface area contributed by atoms with Crippen molar-refractivity contribution in [2.24, 2.45) is 0 Å². The Morgan fingerprint density at radius 2 is 2.00 bits per heavy atom. The molecule has 1 N–H and O–H groups in total. The lowest BCUT2D eigenvalue weighted by Crippen LogP contribution is -2.41. The first-order valence-electron chi connectivity index (χ1n) is 6.81. The Kier molecular flexibility index (Phi) is 4.49. The van der Waals surface area contributed by atoms with E-state index in [-0.39, 0.29) is 17.7 Å². The molecule has 0 unspecified atom stereocenters. The highest BCUT2D eigenvalue weighted by molar-refractivity contribution is 7.85. The zero-order chi connectivity index (χ0) is 14.8. The quantitative estimate of drug-likeness (QED) is 0.862. The van der Waals surface area contributed by atoms with E-state index in [9.17, 15) is 13.2 Å². The maximum absolute atomic E-state index is 12.4. The van der Waals surface area contributed by atoms with Crippen molar-refractivity contribution >= 4 is 16.0 Å². The van der Waals surface area contributed by atoms with Crippen molar-refractivity contribution in [2.75, 3.05) is 6.54 Å². The number of carbonyl (C=O) groups is 1. The Morgan fingerprint density at radius 3 is 2.50 bits per heavy atom. The molecule has 1 heterocycles. The SMILES string of the molecule is CCN(C(=O)c1ccc(S(=O)(=O)O)o1)C1CCCCC1. The Labute approximate surface area is 118 Å². The van der Waals surface area contributed by atoms with E-state index in [1.165, 1.54) is 12.5 Å². The number of furan rings is 1. The van der Waals surface area contributed by atoms with Gasteiger partial charge in [0.05, 0.1) is 0 Å². The van der Waals surface area contributed by atoms with E-state index in [0.29, 0.717) is 6.54 Å². The van der Waals surface area contributed by atoms with Crippen molar-refractivity contribution in [1.82, 2.24) is 4.90 Å². The van der Waals surface area contributed by atoms with Gasteiger partial charge in [0.2, 0.25) is 5.09 Å². The van der Waals surface area contributed by atoms with E-state index in [1.807, 2.05) is 6.92 Å². The van der Waals surface area contributed by atoms with Crippen molar-refractivity contribution in [1.29, 1.82) is 0 Å². The standard InChI is InChI=1S/C13H19NO5S/c1-2-14(10-6-4-3-5-7-10)13(15)11-8-9-12(19-11)20(16,17)18/h8-10H,2-7H2,1H3,(H,16,17,18). The number of carbonyl (C=O) groups excluding carboxylic acids is 1. The second kappa shape index (κ2) is 5.97. The van der Waals surface area contributed by atoms with Crippen LogP contribution in [0.15, 0.2) is 21.6 Å². The molecule has 0 spiro atoms. The number of hydrogen-bond acceptors (Lipinski definition) is 4. The van der Waals surface area contributed by atoms with Gasteiger partial charge in [-0.15, -0.1) is 0 Å². The molecule has 1 aliphatic rings. The molecule has 1 aliphatic carbocycles. The normalized spacial score (nSPS) is 17.1. The predicted octanol–water partition coefficient (Wildman–Crippen LogP) is 2.32. The molecule has 0 aliphatic heterocycles. The van der Waals surface area contributed by atoms with Gasteiger partial charge < -0.3 is 9.32 Å². The van der Waals surface area contributed by atoms with Crippen LogP contribution in [0.4, 0.5) is 0 Å².